The molecule has 1 N–H and O–H groups in total. The van der Waals surface area contributed by atoms with Gasteiger partial charge in [-0.2, -0.15) is 0 Å². The van der Waals surface area contributed by atoms with Crippen LogP contribution in [-0.4, -0.2) is 35.6 Å². The number of aromatic nitrogens is 2. The highest BCUT2D eigenvalue weighted by molar-refractivity contribution is 7.16. The molecule has 142 valence electrons. The number of esters is 1. The Morgan fingerprint density at radius 3 is 2.63 bits per heavy atom. The fourth-order valence-electron chi connectivity index (χ4n) is 2.86. The molecule has 8 heteroatoms. The fraction of sp³-hybridized carbons (Fsp3) is 0.316. The van der Waals surface area contributed by atoms with E-state index in [2.05, 4.69) is 10.3 Å². The van der Waals surface area contributed by atoms with Gasteiger partial charge in [0.2, 0.25) is 0 Å². The van der Waals surface area contributed by atoms with Crippen molar-refractivity contribution in [2.45, 2.75) is 19.8 Å². The zero-order valence-electron chi connectivity index (χ0n) is 15.8. The molecule has 7 nitrogen and oxygen atoms in total. The zero-order valence-corrected chi connectivity index (χ0v) is 16.6. The van der Waals surface area contributed by atoms with Crippen molar-refractivity contribution in [3.05, 3.63) is 40.5 Å². The second-order valence-electron chi connectivity index (χ2n) is 6.37. The highest BCUT2D eigenvalue weighted by atomic mass is 32.1. The van der Waals surface area contributed by atoms with Crippen LogP contribution in [0.5, 0.6) is 5.75 Å². The number of rotatable bonds is 5. The van der Waals surface area contributed by atoms with Crippen molar-refractivity contribution in [2.75, 3.05) is 19.5 Å². The summed E-state index contributed by atoms with van der Waals surface area (Å²) in [5.41, 5.74) is 1.66. The number of carbonyl (C=O) groups is 2. The Kier molecular flexibility index (Phi) is 5.18. The third-order valence-corrected chi connectivity index (χ3v) is 5.49. The molecule has 2 heterocycles. The number of thiazole rings is 1. The van der Waals surface area contributed by atoms with Crippen molar-refractivity contribution >= 4 is 39.2 Å². The standard InChI is InChI=1S/C19H21N3O4S/c1-10(2)16-15(18(24)26-5)20-19(27-16)21-17(23)13-9-22(3)14-7-6-11(25-4)8-12(13)14/h6-10H,1-5H3,(H,20,21,23). The van der Waals surface area contributed by atoms with Crippen LogP contribution in [0.15, 0.2) is 24.4 Å². The lowest BCUT2D eigenvalue weighted by atomic mass is 10.1. The number of anilines is 1. The van der Waals surface area contributed by atoms with Crippen LogP contribution in [0.3, 0.4) is 0 Å². The quantitative estimate of drug-likeness (QED) is 0.673. The minimum atomic E-state index is -0.509. The lowest BCUT2D eigenvalue weighted by Crippen LogP contribution is -2.12. The van der Waals surface area contributed by atoms with E-state index >= 15 is 0 Å². The summed E-state index contributed by atoms with van der Waals surface area (Å²) < 4.78 is 11.9. The third kappa shape index (κ3) is 3.52. The van der Waals surface area contributed by atoms with Crippen molar-refractivity contribution in [1.82, 2.24) is 9.55 Å². The predicted octanol–water partition coefficient (Wildman–Crippen LogP) is 3.81. The molecule has 3 rings (SSSR count). The van der Waals surface area contributed by atoms with Crippen LogP contribution in [0.1, 0.15) is 45.5 Å². The summed E-state index contributed by atoms with van der Waals surface area (Å²) in [7, 11) is 4.77. The average molecular weight is 387 g/mol. The average Bonchev–Trinajstić information content (AvgIpc) is 3.22. The Hall–Kier alpha value is -2.87. The summed E-state index contributed by atoms with van der Waals surface area (Å²) in [6.07, 6.45) is 1.76. The van der Waals surface area contributed by atoms with Gasteiger partial charge in [-0.05, 0) is 24.1 Å². The first-order valence-corrected chi connectivity index (χ1v) is 9.20. The second kappa shape index (κ2) is 7.40. The van der Waals surface area contributed by atoms with Crippen molar-refractivity contribution < 1.29 is 19.1 Å². The van der Waals surface area contributed by atoms with E-state index in [0.29, 0.717) is 16.4 Å². The normalized spacial score (nSPS) is 11.0. The maximum atomic E-state index is 12.9. The molecule has 0 atom stereocenters. The van der Waals surface area contributed by atoms with Gasteiger partial charge in [0.25, 0.3) is 5.91 Å². The number of amides is 1. The van der Waals surface area contributed by atoms with Crippen molar-refractivity contribution in [3.63, 3.8) is 0 Å². The number of carbonyl (C=O) groups excluding carboxylic acids is 2. The van der Waals surface area contributed by atoms with Gasteiger partial charge in [0.15, 0.2) is 10.8 Å². The van der Waals surface area contributed by atoms with Crippen LogP contribution in [0, 0.1) is 0 Å². The number of ether oxygens (including phenoxy) is 2. The Labute approximate surface area is 160 Å². The summed E-state index contributed by atoms with van der Waals surface area (Å²) in [6.45, 7) is 3.92. The highest BCUT2D eigenvalue weighted by Crippen LogP contribution is 2.31. The Morgan fingerprint density at radius 2 is 2.00 bits per heavy atom. The van der Waals surface area contributed by atoms with Crippen molar-refractivity contribution in [2.24, 2.45) is 7.05 Å². The summed E-state index contributed by atoms with van der Waals surface area (Å²) >= 11 is 1.28. The number of hydrogen-bond donors (Lipinski definition) is 1. The number of hydrogen-bond acceptors (Lipinski definition) is 6. The number of nitrogens with one attached hydrogen (secondary N) is 1. The van der Waals surface area contributed by atoms with E-state index in [0.717, 1.165) is 15.8 Å². The molecular formula is C19H21N3O4S. The molecule has 0 radical (unpaired) electrons. The number of nitrogens with zero attached hydrogens (tertiary/aromatic N) is 2. The fourth-order valence-corrected chi connectivity index (χ4v) is 3.81. The van der Waals surface area contributed by atoms with Gasteiger partial charge in [0.05, 0.1) is 19.8 Å². The molecule has 0 unspecified atom stereocenters. The Morgan fingerprint density at radius 1 is 1.26 bits per heavy atom. The van der Waals surface area contributed by atoms with Gasteiger partial charge in [-0.1, -0.05) is 13.8 Å². The highest BCUT2D eigenvalue weighted by Gasteiger charge is 2.23. The largest absolute Gasteiger partial charge is 0.497 e. The third-order valence-electron chi connectivity index (χ3n) is 4.22. The molecule has 0 aliphatic carbocycles. The molecule has 0 saturated heterocycles. The minimum absolute atomic E-state index is 0.0871. The van der Waals surface area contributed by atoms with E-state index in [1.807, 2.05) is 43.7 Å². The monoisotopic (exact) mass is 387 g/mol. The van der Waals surface area contributed by atoms with Gasteiger partial charge in [-0.3, -0.25) is 10.1 Å². The van der Waals surface area contributed by atoms with Crippen LogP contribution in [0.2, 0.25) is 0 Å². The maximum Gasteiger partial charge on any atom is 0.357 e. The van der Waals surface area contributed by atoms with E-state index in [4.69, 9.17) is 9.47 Å². The summed E-state index contributed by atoms with van der Waals surface area (Å²) in [4.78, 5) is 29.8. The number of fused-ring (bicyclic) bond motifs is 1. The lowest BCUT2D eigenvalue weighted by Gasteiger charge is -2.02. The van der Waals surface area contributed by atoms with E-state index in [-0.39, 0.29) is 17.5 Å². The van der Waals surface area contributed by atoms with E-state index in [1.54, 1.807) is 13.3 Å². The van der Waals surface area contributed by atoms with Gasteiger partial charge in [0, 0.05) is 29.0 Å². The molecule has 1 amide bonds. The summed E-state index contributed by atoms with van der Waals surface area (Å²) in [5, 5.41) is 3.95. The smallest absolute Gasteiger partial charge is 0.357 e. The van der Waals surface area contributed by atoms with Gasteiger partial charge in [-0.15, -0.1) is 11.3 Å². The van der Waals surface area contributed by atoms with Crippen LogP contribution in [-0.2, 0) is 11.8 Å². The Balaban J connectivity index is 1.96. The summed E-state index contributed by atoms with van der Waals surface area (Å²) in [6, 6.07) is 5.58. The molecule has 0 spiro atoms. The zero-order chi connectivity index (χ0) is 19.7. The number of aryl methyl sites for hydroxylation is 1. The minimum Gasteiger partial charge on any atom is -0.497 e. The van der Waals surface area contributed by atoms with E-state index in [9.17, 15) is 9.59 Å². The van der Waals surface area contributed by atoms with Gasteiger partial charge in [-0.25, -0.2) is 9.78 Å². The van der Waals surface area contributed by atoms with Gasteiger partial charge >= 0.3 is 5.97 Å². The van der Waals surface area contributed by atoms with Gasteiger partial charge < -0.3 is 14.0 Å². The first kappa shape index (κ1) is 18.9. The number of methoxy groups -OCH3 is 2. The lowest BCUT2D eigenvalue weighted by molar-refractivity contribution is 0.0593. The van der Waals surface area contributed by atoms with Gasteiger partial charge in [0.1, 0.15) is 5.75 Å². The molecule has 0 fully saturated rings. The first-order chi connectivity index (χ1) is 12.8. The molecular weight excluding hydrogens is 366 g/mol. The molecule has 2 aromatic heterocycles. The molecule has 1 aromatic carbocycles. The predicted molar refractivity (Wildman–Crippen MR) is 105 cm³/mol. The SMILES string of the molecule is COC(=O)c1nc(NC(=O)c2cn(C)c3ccc(OC)cc23)sc1C(C)C. The molecule has 27 heavy (non-hydrogen) atoms. The molecule has 3 aromatic rings. The maximum absolute atomic E-state index is 12.9. The molecule has 0 saturated carbocycles. The molecule has 0 aliphatic rings. The van der Waals surface area contributed by atoms with E-state index in [1.165, 1.54) is 18.4 Å². The van der Waals surface area contributed by atoms with Crippen LogP contribution in [0.25, 0.3) is 10.9 Å². The first-order valence-electron chi connectivity index (χ1n) is 8.39. The molecule has 0 aliphatic heterocycles. The molecule has 0 bridgehead atoms. The van der Waals surface area contributed by atoms with Crippen LogP contribution in [0.4, 0.5) is 5.13 Å². The number of benzene rings is 1. The van der Waals surface area contributed by atoms with Crippen LogP contribution >= 0.6 is 11.3 Å². The second-order valence-corrected chi connectivity index (χ2v) is 7.40. The Bertz CT molecular complexity index is 1020. The van der Waals surface area contributed by atoms with E-state index < -0.39 is 5.97 Å². The van der Waals surface area contributed by atoms with Crippen LogP contribution < -0.4 is 10.1 Å². The summed E-state index contributed by atoms with van der Waals surface area (Å²) in [5.74, 6) is -0.0455. The topological polar surface area (TPSA) is 82.5 Å². The van der Waals surface area contributed by atoms with Crippen molar-refractivity contribution in [3.8, 4) is 5.75 Å². The van der Waals surface area contributed by atoms with Crippen molar-refractivity contribution in [1.29, 1.82) is 0 Å².